The van der Waals surface area contributed by atoms with E-state index in [0.29, 0.717) is 32.0 Å². The maximum atomic E-state index is 12.6. The molecule has 1 amide bonds. The van der Waals surface area contributed by atoms with Crippen molar-refractivity contribution in [3.05, 3.63) is 46.7 Å². The van der Waals surface area contributed by atoms with Crippen molar-refractivity contribution < 1.29 is 17.9 Å². The first-order chi connectivity index (χ1) is 13.5. The molecule has 0 bridgehead atoms. The molecular formula is C19H25N3O4S2. The number of likely N-dealkylation sites (N-methyl/N-ethyl adjacent to an activating group) is 1. The van der Waals surface area contributed by atoms with Gasteiger partial charge in [0.2, 0.25) is 15.9 Å². The second-order valence-corrected chi connectivity index (χ2v) is 9.44. The van der Waals surface area contributed by atoms with Gasteiger partial charge in [-0.1, -0.05) is 13.0 Å². The van der Waals surface area contributed by atoms with Crippen LogP contribution in [0.15, 0.2) is 46.7 Å². The summed E-state index contributed by atoms with van der Waals surface area (Å²) in [5.41, 5.74) is 0.582. The molecule has 1 N–H and O–H groups in total. The molecule has 1 aromatic heterocycles. The summed E-state index contributed by atoms with van der Waals surface area (Å²) in [6, 6.07) is 10.4. The Morgan fingerprint density at radius 3 is 2.54 bits per heavy atom. The molecule has 0 aliphatic carbocycles. The molecule has 1 saturated heterocycles. The Hall–Kier alpha value is -1.78. The fraction of sp³-hybridized carbons (Fsp3) is 0.421. The van der Waals surface area contributed by atoms with Crippen LogP contribution in [0.2, 0.25) is 0 Å². The molecule has 1 aliphatic rings. The lowest BCUT2D eigenvalue weighted by Gasteiger charge is -2.26. The molecule has 0 radical (unpaired) electrons. The summed E-state index contributed by atoms with van der Waals surface area (Å²) in [7, 11) is -3.53. The van der Waals surface area contributed by atoms with Crippen LogP contribution in [0.4, 0.5) is 5.69 Å². The Balaban J connectivity index is 1.58. The first kappa shape index (κ1) is 20.9. The Morgan fingerprint density at radius 2 is 1.93 bits per heavy atom. The number of nitrogens with one attached hydrogen (secondary N) is 1. The molecule has 1 aromatic carbocycles. The number of amides is 1. The van der Waals surface area contributed by atoms with Crippen LogP contribution in [0.25, 0.3) is 0 Å². The Morgan fingerprint density at radius 1 is 1.21 bits per heavy atom. The predicted octanol–water partition coefficient (Wildman–Crippen LogP) is 2.23. The molecule has 9 heteroatoms. The molecule has 0 saturated carbocycles. The Labute approximate surface area is 170 Å². The lowest BCUT2D eigenvalue weighted by atomic mass is 10.3. The van der Waals surface area contributed by atoms with Gasteiger partial charge in [0.05, 0.1) is 24.7 Å². The van der Waals surface area contributed by atoms with Gasteiger partial charge in [0.25, 0.3) is 0 Å². The zero-order valence-corrected chi connectivity index (χ0v) is 17.5. The summed E-state index contributed by atoms with van der Waals surface area (Å²) in [4.78, 5) is 15.8. The first-order valence-corrected chi connectivity index (χ1v) is 11.5. The average Bonchev–Trinajstić information content (AvgIpc) is 3.21. The van der Waals surface area contributed by atoms with Gasteiger partial charge in [-0.25, -0.2) is 8.42 Å². The SMILES string of the molecule is CCN(CC(=O)Nc1ccc(S(=O)(=O)N2CCOCC2)cc1)Cc1cccs1. The van der Waals surface area contributed by atoms with Crippen LogP contribution in [0.3, 0.4) is 0 Å². The summed E-state index contributed by atoms with van der Waals surface area (Å²) in [6.45, 7) is 5.34. The summed E-state index contributed by atoms with van der Waals surface area (Å²) >= 11 is 1.67. The lowest BCUT2D eigenvalue weighted by molar-refractivity contribution is -0.117. The number of benzene rings is 1. The molecule has 3 rings (SSSR count). The topological polar surface area (TPSA) is 79.0 Å². The number of carbonyl (C=O) groups excluding carboxylic acids is 1. The van der Waals surface area contributed by atoms with Gasteiger partial charge >= 0.3 is 0 Å². The van der Waals surface area contributed by atoms with Crippen LogP contribution in [0, 0.1) is 0 Å². The normalized spacial score (nSPS) is 15.6. The minimum Gasteiger partial charge on any atom is -0.379 e. The van der Waals surface area contributed by atoms with Crippen LogP contribution in [-0.4, -0.2) is 62.9 Å². The van der Waals surface area contributed by atoms with Crippen molar-refractivity contribution in [3.8, 4) is 0 Å². The van der Waals surface area contributed by atoms with E-state index < -0.39 is 10.0 Å². The van der Waals surface area contributed by atoms with E-state index in [4.69, 9.17) is 4.74 Å². The number of anilines is 1. The molecule has 0 unspecified atom stereocenters. The van der Waals surface area contributed by atoms with Gasteiger partial charge in [-0.05, 0) is 42.3 Å². The fourth-order valence-electron chi connectivity index (χ4n) is 2.95. The average molecular weight is 424 g/mol. The van der Waals surface area contributed by atoms with Gasteiger partial charge in [-0.15, -0.1) is 11.3 Å². The molecule has 1 aliphatic heterocycles. The summed E-state index contributed by atoms with van der Waals surface area (Å²) in [6.07, 6.45) is 0. The van der Waals surface area contributed by atoms with Crippen LogP contribution >= 0.6 is 11.3 Å². The van der Waals surface area contributed by atoms with Crippen molar-refractivity contribution in [2.45, 2.75) is 18.4 Å². The highest BCUT2D eigenvalue weighted by atomic mass is 32.2. The van der Waals surface area contributed by atoms with Crippen molar-refractivity contribution in [3.63, 3.8) is 0 Å². The van der Waals surface area contributed by atoms with Gasteiger partial charge in [0.15, 0.2) is 0 Å². The number of hydrogen-bond acceptors (Lipinski definition) is 6. The standard InChI is InChI=1S/C19H25N3O4S2/c1-2-21(14-17-4-3-13-27-17)15-19(23)20-16-5-7-18(8-6-16)28(24,25)22-9-11-26-12-10-22/h3-8,13H,2,9-12,14-15H2,1H3,(H,20,23). The van der Waals surface area contributed by atoms with Crippen LogP contribution in [0.5, 0.6) is 0 Å². The van der Waals surface area contributed by atoms with Crippen molar-refractivity contribution in [1.82, 2.24) is 9.21 Å². The number of morpholine rings is 1. The van der Waals surface area contributed by atoms with Crippen LogP contribution in [0.1, 0.15) is 11.8 Å². The molecule has 7 nitrogen and oxygen atoms in total. The molecule has 2 aromatic rings. The third kappa shape index (κ3) is 5.39. The number of rotatable bonds is 8. The molecule has 28 heavy (non-hydrogen) atoms. The van der Waals surface area contributed by atoms with Gasteiger partial charge < -0.3 is 10.1 Å². The zero-order valence-electron chi connectivity index (χ0n) is 15.8. The molecule has 152 valence electrons. The Kier molecular flexibility index (Phi) is 7.19. The van der Waals surface area contributed by atoms with Gasteiger partial charge in [-0.2, -0.15) is 4.31 Å². The molecule has 1 fully saturated rings. The maximum Gasteiger partial charge on any atom is 0.243 e. The third-order valence-corrected chi connectivity index (χ3v) is 7.29. The van der Waals surface area contributed by atoms with E-state index in [1.54, 1.807) is 23.5 Å². The predicted molar refractivity (Wildman–Crippen MR) is 110 cm³/mol. The first-order valence-electron chi connectivity index (χ1n) is 9.21. The van der Waals surface area contributed by atoms with E-state index in [1.165, 1.54) is 21.3 Å². The van der Waals surface area contributed by atoms with E-state index in [0.717, 1.165) is 13.1 Å². The van der Waals surface area contributed by atoms with Crippen molar-refractivity contribution in [2.24, 2.45) is 0 Å². The fourth-order valence-corrected chi connectivity index (χ4v) is 5.11. The van der Waals surface area contributed by atoms with Gasteiger partial charge in [0, 0.05) is 30.2 Å². The highest BCUT2D eigenvalue weighted by Crippen LogP contribution is 2.19. The molecule has 0 atom stereocenters. The second-order valence-electron chi connectivity index (χ2n) is 6.47. The number of ether oxygens (including phenoxy) is 1. The van der Waals surface area contributed by atoms with Crippen molar-refractivity contribution >= 4 is 33.0 Å². The number of thiophene rings is 1. The number of nitrogens with zero attached hydrogens (tertiary/aromatic N) is 2. The molecule has 0 spiro atoms. The van der Waals surface area contributed by atoms with E-state index in [1.807, 2.05) is 18.4 Å². The van der Waals surface area contributed by atoms with Crippen LogP contribution < -0.4 is 5.32 Å². The lowest BCUT2D eigenvalue weighted by Crippen LogP contribution is -2.40. The summed E-state index contributed by atoms with van der Waals surface area (Å²) < 4.78 is 31.9. The van der Waals surface area contributed by atoms with E-state index >= 15 is 0 Å². The van der Waals surface area contributed by atoms with Crippen LogP contribution in [-0.2, 0) is 26.1 Å². The minimum atomic E-state index is -3.53. The smallest absolute Gasteiger partial charge is 0.243 e. The zero-order chi connectivity index (χ0) is 20.0. The monoisotopic (exact) mass is 423 g/mol. The third-order valence-electron chi connectivity index (χ3n) is 4.52. The van der Waals surface area contributed by atoms with Gasteiger partial charge in [0.1, 0.15) is 0 Å². The quantitative estimate of drug-likeness (QED) is 0.704. The summed E-state index contributed by atoms with van der Waals surface area (Å²) in [5, 5.41) is 4.86. The molecule has 2 heterocycles. The highest BCUT2D eigenvalue weighted by Gasteiger charge is 2.26. The number of carbonyl (C=O) groups is 1. The largest absolute Gasteiger partial charge is 0.379 e. The number of hydrogen-bond donors (Lipinski definition) is 1. The van der Waals surface area contributed by atoms with Crippen molar-refractivity contribution in [1.29, 1.82) is 0 Å². The van der Waals surface area contributed by atoms with E-state index in [-0.39, 0.29) is 17.3 Å². The highest BCUT2D eigenvalue weighted by molar-refractivity contribution is 7.89. The van der Waals surface area contributed by atoms with E-state index in [2.05, 4.69) is 16.3 Å². The second kappa shape index (κ2) is 9.62. The van der Waals surface area contributed by atoms with Crippen molar-refractivity contribution in [2.75, 3.05) is 44.7 Å². The Bertz CT molecular complexity index is 861. The van der Waals surface area contributed by atoms with Gasteiger partial charge in [-0.3, -0.25) is 9.69 Å². The molecular weight excluding hydrogens is 398 g/mol. The van der Waals surface area contributed by atoms with E-state index in [9.17, 15) is 13.2 Å². The maximum absolute atomic E-state index is 12.6. The minimum absolute atomic E-state index is 0.123. The summed E-state index contributed by atoms with van der Waals surface area (Å²) in [5.74, 6) is -0.123. The number of sulfonamides is 1.